The minimum absolute atomic E-state index is 0.0824. The van der Waals surface area contributed by atoms with Gasteiger partial charge in [-0.1, -0.05) is 0 Å². The third-order valence-electron chi connectivity index (χ3n) is 3.50. The van der Waals surface area contributed by atoms with Crippen molar-refractivity contribution in [1.29, 1.82) is 0 Å². The van der Waals surface area contributed by atoms with Crippen LogP contribution in [0.5, 0.6) is 0 Å². The molecule has 1 aliphatic rings. The number of hydrogen-bond acceptors (Lipinski definition) is 6. The van der Waals surface area contributed by atoms with Crippen LogP contribution in [0.2, 0.25) is 0 Å². The first-order valence-corrected chi connectivity index (χ1v) is 8.62. The number of rotatable bonds is 4. The summed E-state index contributed by atoms with van der Waals surface area (Å²) in [4.78, 5) is 11.6. The summed E-state index contributed by atoms with van der Waals surface area (Å²) in [6.45, 7) is 3.89. The Bertz CT molecular complexity index is 657. The lowest BCUT2D eigenvalue weighted by Crippen LogP contribution is -2.36. The van der Waals surface area contributed by atoms with Crippen molar-refractivity contribution in [3.05, 3.63) is 23.8 Å². The van der Waals surface area contributed by atoms with Gasteiger partial charge in [0.2, 0.25) is 0 Å². The second-order valence-corrected chi connectivity index (χ2v) is 7.73. The minimum atomic E-state index is -2.99. The molecular weight excluding hydrogens is 292 g/mol. The zero-order valence-electron chi connectivity index (χ0n) is 12.2. The molecule has 1 atom stereocenters. The first kappa shape index (κ1) is 15.6. The molecule has 1 heterocycles. The maximum atomic E-state index is 11.6. The molecule has 0 bridgehead atoms. The van der Waals surface area contributed by atoms with E-state index in [0.717, 1.165) is 0 Å². The number of sulfone groups is 1. The SMILES string of the molecule is CCOC(=O)c1ccc(NC2(C)CCS(=O)(=O)C2)c(N)c1. The van der Waals surface area contributed by atoms with Gasteiger partial charge < -0.3 is 15.8 Å². The lowest BCUT2D eigenvalue weighted by atomic mass is 10.0. The molecule has 6 nitrogen and oxygen atoms in total. The molecule has 0 radical (unpaired) electrons. The molecule has 2 rings (SSSR count). The molecule has 0 saturated carbocycles. The van der Waals surface area contributed by atoms with E-state index >= 15 is 0 Å². The molecule has 0 aliphatic carbocycles. The highest BCUT2D eigenvalue weighted by molar-refractivity contribution is 7.91. The van der Waals surface area contributed by atoms with Gasteiger partial charge in [0.25, 0.3) is 0 Å². The third-order valence-corrected chi connectivity index (χ3v) is 5.41. The van der Waals surface area contributed by atoms with Crippen LogP contribution in [-0.2, 0) is 14.6 Å². The number of anilines is 2. The third kappa shape index (κ3) is 3.66. The maximum absolute atomic E-state index is 11.6. The Morgan fingerprint density at radius 3 is 2.71 bits per heavy atom. The van der Waals surface area contributed by atoms with Crippen molar-refractivity contribution in [3.63, 3.8) is 0 Å². The Morgan fingerprint density at radius 1 is 1.48 bits per heavy atom. The van der Waals surface area contributed by atoms with Crippen molar-refractivity contribution in [2.75, 3.05) is 29.2 Å². The largest absolute Gasteiger partial charge is 0.462 e. The fourth-order valence-electron chi connectivity index (χ4n) is 2.45. The molecule has 1 saturated heterocycles. The first-order chi connectivity index (χ1) is 9.75. The average molecular weight is 312 g/mol. The second kappa shape index (κ2) is 5.55. The number of nitrogens with one attached hydrogen (secondary N) is 1. The summed E-state index contributed by atoms with van der Waals surface area (Å²) in [5, 5.41) is 3.18. The molecule has 21 heavy (non-hydrogen) atoms. The number of carbonyl (C=O) groups excluding carboxylic acids is 1. The van der Waals surface area contributed by atoms with Gasteiger partial charge in [-0.05, 0) is 38.5 Å². The number of nitrogens with two attached hydrogens (primary N) is 1. The standard InChI is InChI=1S/C14H20N2O4S/c1-3-20-13(17)10-4-5-12(11(15)8-10)16-14(2)6-7-21(18,19)9-14/h4-5,8,16H,3,6-7,9,15H2,1-2H3. The minimum Gasteiger partial charge on any atom is -0.462 e. The normalized spacial score (nSPS) is 23.7. The van der Waals surface area contributed by atoms with Gasteiger partial charge in [-0.15, -0.1) is 0 Å². The average Bonchev–Trinajstić information content (AvgIpc) is 2.66. The van der Waals surface area contributed by atoms with Gasteiger partial charge in [0.15, 0.2) is 9.84 Å². The van der Waals surface area contributed by atoms with Gasteiger partial charge in [-0.3, -0.25) is 0 Å². The number of hydrogen-bond donors (Lipinski definition) is 2. The quantitative estimate of drug-likeness (QED) is 0.645. The van der Waals surface area contributed by atoms with Crippen molar-refractivity contribution in [1.82, 2.24) is 0 Å². The zero-order valence-corrected chi connectivity index (χ0v) is 13.0. The van der Waals surface area contributed by atoms with Crippen LogP contribution in [0.4, 0.5) is 11.4 Å². The van der Waals surface area contributed by atoms with E-state index in [0.29, 0.717) is 30.0 Å². The van der Waals surface area contributed by atoms with E-state index in [1.165, 1.54) is 6.07 Å². The fraction of sp³-hybridized carbons (Fsp3) is 0.500. The second-order valence-electron chi connectivity index (χ2n) is 5.55. The molecule has 3 N–H and O–H groups in total. The number of carbonyl (C=O) groups is 1. The van der Waals surface area contributed by atoms with E-state index in [-0.39, 0.29) is 11.5 Å². The predicted molar refractivity (Wildman–Crippen MR) is 82.1 cm³/mol. The molecule has 1 unspecified atom stereocenters. The molecule has 0 spiro atoms. The van der Waals surface area contributed by atoms with E-state index in [1.807, 2.05) is 6.92 Å². The zero-order chi connectivity index (χ0) is 15.7. The molecular formula is C14H20N2O4S. The molecule has 1 aromatic carbocycles. The van der Waals surface area contributed by atoms with E-state index in [9.17, 15) is 13.2 Å². The lowest BCUT2D eigenvalue weighted by Gasteiger charge is -2.26. The number of ether oxygens (including phenoxy) is 1. The van der Waals surface area contributed by atoms with Crippen LogP contribution in [0.25, 0.3) is 0 Å². The Kier molecular flexibility index (Phi) is 4.13. The molecule has 0 aromatic heterocycles. The Labute approximate surface area is 124 Å². The lowest BCUT2D eigenvalue weighted by molar-refractivity contribution is 0.0526. The maximum Gasteiger partial charge on any atom is 0.338 e. The highest BCUT2D eigenvalue weighted by Gasteiger charge is 2.38. The van der Waals surface area contributed by atoms with E-state index in [2.05, 4.69) is 5.32 Å². The number of benzene rings is 1. The molecule has 1 aromatic rings. The van der Waals surface area contributed by atoms with Crippen LogP contribution >= 0.6 is 0 Å². The molecule has 0 amide bonds. The summed E-state index contributed by atoms with van der Waals surface area (Å²) in [5.74, 6) is -0.165. The summed E-state index contributed by atoms with van der Waals surface area (Å²) in [6.07, 6.45) is 0.536. The van der Waals surface area contributed by atoms with Crippen molar-refractivity contribution in [2.45, 2.75) is 25.8 Å². The topological polar surface area (TPSA) is 98.5 Å². The van der Waals surface area contributed by atoms with Crippen LogP contribution in [0.1, 0.15) is 30.6 Å². The van der Waals surface area contributed by atoms with Crippen molar-refractivity contribution in [3.8, 4) is 0 Å². The van der Waals surface area contributed by atoms with E-state index < -0.39 is 21.3 Å². The summed E-state index contributed by atoms with van der Waals surface area (Å²) in [7, 11) is -2.99. The summed E-state index contributed by atoms with van der Waals surface area (Å²) in [6, 6.07) is 4.83. The number of nitrogen functional groups attached to an aromatic ring is 1. The number of esters is 1. The predicted octanol–water partition coefficient (Wildman–Crippen LogP) is 1.43. The Morgan fingerprint density at radius 2 is 2.19 bits per heavy atom. The highest BCUT2D eigenvalue weighted by Crippen LogP contribution is 2.30. The van der Waals surface area contributed by atoms with Crippen LogP contribution in [0.15, 0.2) is 18.2 Å². The van der Waals surface area contributed by atoms with Crippen LogP contribution in [0, 0.1) is 0 Å². The fourth-order valence-corrected chi connectivity index (χ4v) is 4.55. The highest BCUT2D eigenvalue weighted by atomic mass is 32.2. The smallest absolute Gasteiger partial charge is 0.338 e. The van der Waals surface area contributed by atoms with Crippen molar-refractivity contribution < 1.29 is 17.9 Å². The molecule has 116 valence electrons. The summed E-state index contributed by atoms with van der Waals surface area (Å²) >= 11 is 0. The Balaban J connectivity index is 2.17. The summed E-state index contributed by atoms with van der Waals surface area (Å²) < 4.78 is 28.1. The molecule has 1 fully saturated rings. The van der Waals surface area contributed by atoms with Crippen LogP contribution in [0.3, 0.4) is 0 Å². The van der Waals surface area contributed by atoms with Crippen molar-refractivity contribution in [2.24, 2.45) is 0 Å². The van der Waals surface area contributed by atoms with Gasteiger partial charge in [0, 0.05) is 5.54 Å². The van der Waals surface area contributed by atoms with Gasteiger partial charge >= 0.3 is 5.97 Å². The van der Waals surface area contributed by atoms with Crippen LogP contribution in [-0.4, -0.2) is 38.0 Å². The van der Waals surface area contributed by atoms with E-state index in [1.54, 1.807) is 19.1 Å². The van der Waals surface area contributed by atoms with Crippen molar-refractivity contribution >= 4 is 27.2 Å². The van der Waals surface area contributed by atoms with Gasteiger partial charge in [0.1, 0.15) is 0 Å². The monoisotopic (exact) mass is 312 g/mol. The summed E-state index contributed by atoms with van der Waals surface area (Å²) in [5.41, 5.74) is 6.81. The van der Waals surface area contributed by atoms with Gasteiger partial charge in [0.05, 0.1) is 35.1 Å². The molecule has 1 aliphatic heterocycles. The molecule has 7 heteroatoms. The Hall–Kier alpha value is -1.76. The van der Waals surface area contributed by atoms with E-state index in [4.69, 9.17) is 10.5 Å². The van der Waals surface area contributed by atoms with Gasteiger partial charge in [-0.25, -0.2) is 13.2 Å². The van der Waals surface area contributed by atoms with Gasteiger partial charge in [-0.2, -0.15) is 0 Å². The van der Waals surface area contributed by atoms with Crippen LogP contribution < -0.4 is 11.1 Å². The first-order valence-electron chi connectivity index (χ1n) is 6.80.